The van der Waals surface area contributed by atoms with Gasteiger partial charge in [-0.25, -0.2) is 0 Å². The second kappa shape index (κ2) is 6.00. The van der Waals surface area contributed by atoms with Gasteiger partial charge in [-0.15, -0.1) is 0 Å². The Kier molecular flexibility index (Phi) is 5.36. The first-order valence-electron chi connectivity index (χ1n) is 4.56. The molecule has 0 aliphatic carbocycles. The molecule has 0 spiro atoms. The van der Waals surface area contributed by atoms with Crippen molar-refractivity contribution in [3.8, 4) is 12.1 Å². The van der Waals surface area contributed by atoms with Crippen molar-refractivity contribution < 1.29 is 9.53 Å². The summed E-state index contributed by atoms with van der Waals surface area (Å²) in [5.41, 5.74) is -0.402. The lowest BCUT2D eigenvalue weighted by Gasteiger charge is -2.22. The molecule has 0 aromatic rings. The van der Waals surface area contributed by atoms with E-state index in [1.165, 1.54) is 0 Å². The quantitative estimate of drug-likeness (QED) is 0.638. The SMILES string of the molecule is CC(C)(C)OCC(=O)N(CC#N)CC#N. The van der Waals surface area contributed by atoms with Crippen molar-refractivity contribution >= 4 is 5.91 Å². The highest BCUT2D eigenvalue weighted by atomic mass is 16.5. The van der Waals surface area contributed by atoms with Gasteiger partial charge in [-0.1, -0.05) is 0 Å². The van der Waals surface area contributed by atoms with Gasteiger partial charge in [0.15, 0.2) is 0 Å². The molecule has 82 valence electrons. The summed E-state index contributed by atoms with van der Waals surface area (Å²) in [5.74, 6) is -0.340. The minimum Gasteiger partial charge on any atom is -0.366 e. The van der Waals surface area contributed by atoms with Gasteiger partial charge in [0.1, 0.15) is 19.7 Å². The van der Waals surface area contributed by atoms with Crippen molar-refractivity contribution in [3.05, 3.63) is 0 Å². The number of hydrogen-bond acceptors (Lipinski definition) is 4. The minimum atomic E-state index is -0.402. The van der Waals surface area contributed by atoms with Crippen LogP contribution in [-0.2, 0) is 9.53 Å². The minimum absolute atomic E-state index is 0.0834. The van der Waals surface area contributed by atoms with Gasteiger partial charge < -0.3 is 9.64 Å². The van der Waals surface area contributed by atoms with Crippen LogP contribution in [0.5, 0.6) is 0 Å². The normalized spacial score (nSPS) is 10.2. The third-order valence-electron chi connectivity index (χ3n) is 1.50. The van der Waals surface area contributed by atoms with Crippen molar-refractivity contribution in [1.82, 2.24) is 4.90 Å². The number of ether oxygens (including phenoxy) is 1. The second-order valence-corrected chi connectivity index (χ2v) is 3.97. The zero-order valence-corrected chi connectivity index (χ0v) is 9.28. The zero-order chi connectivity index (χ0) is 11.9. The predicted octanol–water partition coefficient (Wildman–Crippen LogP) is 0.677. The van der Waals surface area contributed by atoms with E-state index < -0.39 is 5.60 Å². The summed E-state index contributed by atoms with van der Waals surface area (Å²) in [4.78, 5) is 12.6. The number of carbonyl (C=O) groups excluding carboxylic acids is 1. The number of carbonyl (C=O) groups is 1. The van der Waals surface area contributed by atoms with Crippen molar-refractivity contribution in [1.29, 1.82) is 10.5 Å². The van der Waals surface area contributed by atoms with Gasteiger partial charge in [0.05, 0.1) is 17.7 Å². The van der Waals surface area contributed by atoms with Crippen LogP contribution < -0.4 is 0 Å². The van der Waals surface area contributed by atoms with Gasteiger partial charge in [-0.05, 0) is 20.8 Å². The van der Waals surface area contributed by atoms with Crippen LogP contribution in [0.25, 0.3) is 0 Å². The molecule has 0 N–H and O–H groups in total. The molecule has 0 heterocycles. The highest BCUT2D eigenvalue weighted by Gasteiger charge is 2.17. The zero-order valence-electron chi connectivity index (χ0n) is 9.28. The number of rotatable bonds is 4. The molecule has 0 saturated heterocycles. The fraction of sp³-hybridized carbons (Fsp3) is 0.700. The van der Waals surface area contributed by atoms with E-state index in [0.29, 0.717) is 0 Å². The monoisotopic (exact) mass is 209 g/mol. The van der Waals surface area contributed by atoms with Crippen LogP contribution in [0.15, 0.2) is 0 Å². The van der Waals surface area contributed by atoms with E-state index in [1.54, 1.807) is 0 Å². The summed E-state index contributed by atoms with van der Waals surface area (Å²) in [6, 6.07) is 3.66. The van der Waals surface area contributed by atoms with E-state index in [2.05, 4.69) is 0 Å². The number of nitriles is 2. The standard InChI is InChI=1S/C10H15N3O2/c1-10(2,3)15-8-9(14)13(6-4-11)7-5-12/h6-8H2,1-3H3. The maximum Gasteiger partial charge on any atom is 0.250 e. The van der Waals surface area contributed by atoms with E-state index in [-0.39, 0.29) is 25.6 Å². The Balaban J connectivity index is 4.17. The van der Waals surface area contributed by atoms with Crippen molar-refractivity contribution in [3.63, 3.8) is 0 Å². The third-order valence-corrected chi connectivity index (χ3v) is 1.50. The van der Waals surface area contributed by atoms with Crippen molar-refractivity contribution in [2.24, 2.45) is 0 Å². The Morgan fingerprint density at radius 1 is 1.27 bits per heavy atom. The maximum absolute atomic E-state index is 11.5. The summed E-state index contributed by atoms with van der Waals surface area (Å²) < 4.78 is 5.25. The lowest BCUT2D eigenvalue weighted by atomic mass is 10.2. The summed E-state index contributed by atoms with van der Waals surface area (Å²) in [5, 5.41) is 16.9. The van der Waals surface area contributed by atoms with E-state index >= 15 is 0 Å². The van der Waals surface area contributed by atoms with Gasteiger partial charge in [0.2, 0.25) is 5.91 Å². The van der Waals surface area contributed by atoms with Gasteiger partial charge in [-0.2, -0.15) is 10.5 Å². The molecule has 1 amide bonds. The molecule has 0 rings (SSSR count). The summed E-state index contributed by atoms with van der Waals surface area (Å²) in [6.45, 7) is 5.23. The van der Waals surface area contributed by atoms with Gasteiger partial charge in [-0.3, -0.25) is 4.79 Å². The van der Waals surface area contributed by atoms with Crippen LogP contribution in [-0.4, -0.2) is 36.1 Å². The molecule has 0 aromatic heterocycles. The lowest BCUT2D eigenvalue weighted by Crippen LogP contribution is -2.37. The predicted molar refractivity (Wildman–Crippen MR) is 53.5 cm³/mol. The van der Waals surface area contributed by atoms with E-state index in [1.807, 2.05) is 32.9 Å². The molecule has 0 aliphatic rings. The van der Waals surface area contributed by atoms with Crippen molar-refractivity contribution in [2.75, 3.05) is 19.7 Å². The molecule has 0 atom stereocenters. The van der Waals surface area contributed by atoms with Crippen LogP contribution >= 0.6 is 0 Å². The molecule has 15 heavy (non-hydrogen) atoms. The first-order chi connectivity index (χ1) is 6.90. The van der Waals surface area contributed by atoms with Crippen LogP contribution in [0.3, 0.4) is 0 Å². The number of hydrogen-bond donors (Lipinski definition) is 0. The highest BCUT2D eigenvalue weighted by molar-refractivity contribution is 5.78. The number of amides is 1. The van der Waals surface area contributed by atoms with E-state index in [0.717, 1.165) is 4.90 Å². The second-order valence-electron chi connectivity index (χ2n) is 3.97. The Hall–Kier alpha value is -1.59. The fourth-order valence-corrected chi connectivity index (χ4v) is 0.772. The van der Waals surface area contributed by atoms with Crippen LogP contribution in [0.2, 0.25) is 0 Å². The molecule has 0 fully saturated rings. The molecule has 0 bridgehead atoms. The first-order valence-corrected chi connectivity index (χ1v) is 4.56. The summed E-state index contributed by atoms with van der Waals surface area (Å²) in [7, 11) is 0. The Morgan fingerprint density at radius 3 is 2.07 bits per heavy atom. The molecule has 5 heteroatoms. The molecule has 0 aromatic carbocycles. The molecular formula is C10H15N3O2. The Labute approximate surface area is 89.8 Å². The van der Waals surface area contributed by atoms with Gasteiger partial charge in [0, 0.05) is 0 Å². The molecule has 0 saturated carbocycles. The molecule has 0 aliphatic heterocycles. The Bertz CT molecular complexity index is 277. The molecular weight excluding hydrogens is 194 g/mol. The lowest BCUT2D eigenvalue weighted by molar-refractivity contribution is -0.139. The van der Waals surface area contributed by atoms with E-state index in [9.17, 15) is 4.79 Å². The van der Waals surface area contributed by atoms with Crippen LogP contribution in [0.4, 0.5) is 0 Å². The molecule has 5 nitrogen and oxygen atoms in total. The molecule has 0 unspecified atom stereocenters. The van der Waals surface area contributed by atoms with E-state index in [4.69, 9.17) is 15.3 Å². The average molecular weight is 209 g/mol. The van der Waals surface area contributed by atoms with Crippen LogP contribution in [0, 0.1) is 22.7 Å². The van der Waals surface area contributed by atoms with Crippen molar-refractivity contribution in [2.45, 2.75) is 26.4 Å². The average Bonchev–Trinajstić information content (AvgIpc) is 2.13. The topological polar surface area (TPSA) is 77.1 Å². The third kappa shape index (κ3) is 6.48. The molecule has 0 radical (unpaired) electrons. The van der Waals surface area contributed by atoms with Gasteiger partial charge in [0.25, 0.3) is 0 Å². The Morgan fingerprint density at radius 2 is 1.73 bits per heavy atom. The first kappa shape index (κ1) is 13.4. The summed E-state index contributed by atoms with van der Waals surface area (Å²) >= 11 is 0. The summed E-state index contributed by atoms with van der Waals surface area (Å²) in [6.07, 6.45) is 0. The largest absolute Gasteiger partial charge is 0.366 e. The maximum atomic E-state index is 11.5. The van der Waals surface area contributed by atoms with Crippen LogP contribution in [0.1, 0.15) is 20.8 Å². The highest BCUT2D eigenvalue weighted by Crippen LogP contribution is 2.06. The van der Waals surface area contributed by atoms with Gasteiger partial charge >= 0.3 is 0 Å². The fourth-order valence-electron chi connectivity index (χ4n) is 0.772. The number of nitrogens with zero attached hydrogens (tertiary/aromatic N) is 3. The smallest absolute Gasteiger partial charge is 0.250 e.